The Morgan fingerprint density at radius 1 is 0.952 bits per heavy atom. The van der Waals surface area contributed by atoms with Crippen molar-refractivity contribution in [1.29, 1.82) is 0 Å². The van der Waals surface area contributed by atoms with Crippen molar-refractivity contribution in [2.45, 2.75) is 12.7 Å². The third-order valence-corrected chi connectivity index (χ3v) is 3.18. The average molecular weight is 294 g/mol. The summed E-state index contributed by atoms with van der Waals surface area (Å²) >= 11 is 0. The topological polar surface area (TPSA) is 15.3 Å². The van der Waals surface area contributed by atoms with Crippen LogP contribution in [-0.4, -0.2) is 14.1 Å². The second kappa shape index (κ2) is 6.08. The Balaban J connectivity index is 2.22. The first-order valence-electron chi connectivity index (χ1n) is 6.55. The second-order valence-electron chi connectivity index (χ2n) is 4.92. The van der Waals surface area contributed by atoms with E-state index in [0.717, 1.165) is 17.4 Å². The van der Waals surface area contributed by atoms with Crippen molar-refractivity contribution in [1.82, 2.24) is 0 Å². The zero-order valence-corrected chi connectivity index (χ0v) is 11.9. The van der Waals surface area contributed by atoms with E-state index in [2.05, 4.69) is 5.32 Å². The van der Waals surface area contributed by atoms with Crippen LogP contribution in [0.4, 0.5) is 24.5 Å². The van der Waals surface area contributed by atoms with Crippen molar-refractivity contribution in [3.05, 3.63) is 59.7 Å². The van der Waals surface area contributed by atoms with E-state index in [9.17, 15) is 13.2 Å². The standard InChI is InChI=1S/C16H17F3N2/c1-21(2)15-10-6-5-9-14(15)20-11-12-7-3-4-8-13(12)16(17,18)19/h3-10,20H,11H2,1-2H3. The summed E-state index contributed by atoms with van der Waals surface area (Å²) < 4.78 is 38.8. The molecule has 0 saturated heterocycles. The van der Waals surface area contributed by atoms with Gasteiger partial charge in [0.2, 0.25) is 0 Å². The highest BCUT2D eigenvalue weighted by molar-refractivity contribution is 5.69. The van der Waals surface area contributed by atoms with Crippen LogP contribution in [0.15, 0.2) is 48.5 Å². The Hall–Kier alpha value is -2.17. The average Bonchev–Trinajstić information content (AvgIpc) is 2.44. The minimum absolute atomic E-state index is 0.126. The van der Waals surface area contributed by atoms with Gasteiger partial charge in [0.1, 0.15) is 0 Å². The molecule has 0 spiro atoms. The van der Waals surface area contributed by atoms with Crippen molar-refractivity contribution in [2.75, 3.05) is 24.3 Å². The van der Waals surface area contributed by atoms with E-state index < -0.39 is 11.7 Å². The molecule has 0 bridgehead atoms. The Morgan fingerprint density at radius 3 is 2.24 bits per heavy atom. The van der Waals surface area contributed by atoms with E-state index in [1.165, 1.54) is 12.1 Å². The minimum atomic E-state index is -4.33. The van der Waals surface area contributed by atoms with Crippen molar-refractivity contribution in [3.8, 4) is 0 Å². The van der Waals surface area contributed by atoms with Crippen molar-refractivity contribution < 1.29 is 13.2 Å². The molecule has 112 valence electrons. The van der Waals surface area contributed by atoms with Crippen LogP contribution in [0, 0.1) is 0 Å². The fourth-order valence-corrected chi connectivity index (χ4v) is 2.15. The summed E-state index contributed by atoms with van der Waals surface area (Å²) in [6, 6.07) is 13.1. The first-order valence-corrected chi connectivity index (χ1v) is 6.55. The first-order chi connectivity index (χ1) is 9.89. The molecule has 2 aromatic rings. The summed E-state index contributed by atoms with van der Waals surface area (Å²) in [5.41, 5.74) is 1.37. The Bertz CT molecular complexity index is 606. The smallest absolute Gasteiger partial charge is 0.379 e. The van der Waals surface area contributed by atoms with E-state index in [0.29, 0.717) is 0 Å². The lowest BCUT2D eigenvalue weighted by atomic mass is 10.1. The quantitative estimate of drug-likeness (QED) is 0.900. The summed E-state index contributed by atoms with van der Waals surface area (Å²) in [7, 11) is 3.79. The van der Waals surface area contributed by atoms with E-state index in [1.807, 2.05) is 43.3 Å². The van der Waals surface area contributed by atoms with Gasteiger partial charge in [-0.3, -0.25) is 0 Å². The van der Waals surface area contributed by atoms with E-state index in [-0.39, 0.29) is 12.1 Å². The maximum Gasteiger partial charge on any atom is 0.416 e. The lowest BCUT2D eigenvalue weighted by Gasteiger charge is -2.19. The van der Waals surface area contributed by atoms with Gasteiger partial charge in [-0.2, -0.15) is 13.2 Å². The van der Waals surface area contributed by atoms with Gasteiger partial charge >= 0.3 is 6.18 Å². The van der Waals surface area contributed by atoms with Crippen LogP contribution < -0.4 is 10.2 Å². The number of hydrogen-bond acceptors (Lipinski definition) is 2. The number of benzene rings is 2. The molecule has 0 heterocycles. The summed E-state index contributed by atoms with van der Waals surface area (Å²) in [5.74, 6) is 0. The maximum absolute atomic E-state index is 12.9. The number of para-hydroxylation sites is 2. The Kier molecular flexibility index (Phi) is 4.40. The van der Waals surface area contributed by atoms with E-state index in [1.54, 1.807) is 6.07 Å². The van der Waals surface area contributed by atoms with Gasteiger partial charge in [-0.25, -0.2) is 0 Å². The fraction of sp³-hybridized carbons (Fsp3) is 0.250. The van der Waals surface area contributed by atoms with Gasteiger partial charge in [0, 0.05) is 20.6 Å². The molecule has 0 aliphatic heterocycles. The zero-order valence-electron chi connectivity index (χ0n) is 11.9. The van der Waals surface area contributed by atoms with Crippen molar-refractivity contribution in [2.24, 2.45) is 0 Å². The molecule has 0 aliphatic rings. The maximum atomic E-state index is 12.9. The van der Waals surface area contributed by atoms with Crippen LogP contribution in [0.3, 0.4) is 0 Å². The number of alkyl halides is 3. The molecule has 0 amide bonds. The molecule has 0 atom stereocenters. The molecule has 0 radical (unpaired) electrons. The largest absolute Gasteiger partial charge is 0.416 e. The monoisotopic (exact) mass is 294 g/mol. The summed E-state index contributed by atoms with van der Waals surface area (Å²) in [4.78, 5) is 1.91. The Labute approximate surface area is 122 Å². The van der Waals surface area contributed by atoms with Gasteiger partial charge < -0.3 is 10.2 Å². The van der Waals surface area contributed by atoms with Gasteiger partial charge in [0.25, 0.3) is 0 Å². The van der Waals surface area contributed by atoms with Gasteiger partial charge in [-0.1, -0.05) is 30.3 Å². The highest BCUT2D eigenvalue weighted by Gasteiger charge is 2.32. The highest BCUT2D eigenvalue weighted by Crippen LogP contribution is 2.32. The SMILES string of the molecule is CN(C)c1ccccc1NCc1ccccc1C(F)(F)F. The number of rotatable bonds is 4. The van der Waals surface area contributed by atoms with Crippen LogP contribution in [0.1, 0.15) is 11.1 Å². The summed E-state index contributed by atoms with van der Waals surface area (Å²) in [6.07, 6.45) is -4.33. The van der Waals surface area contributed by atoms with Gasteiger partial charge in [-0.15, -0.1) is 0 Å². The summed E-state index contributed by atoms with van der Waals surface area (Å²) in [5, 5.41) is 3.08. The minimum Gasteiger partial charge on any atom is -0.379 e. The van der Waals surface area contributed by atoms with Crippen LogP contribution >= 0.6 is 0 Å². The molecular formula is C16H17F3N2. The molecule has 0 unspecified atom stereocenters. The number of halogens is 3. The van der Waals surface area contributed by atoms with Crippen molar-refractivity contribution in [3.63, 3.8) is 0 Å². The van der Waals surface area contributed by atoms with Crippen LogP contribution in [0.25, 0.3) is 0 Å². The van der Waals surface area contributed by atoms with E-state index in [4.69, 9.17) is 0 Å². The number of anilines is 2. The molecule has 0 aromatic heterocycles. The van der Waals surface area contributed by atoms with Crippen LogP contribution in [0.2, 0.25) is 0 Å². The Morgan fingerprint density at radius 2 is 1.57 bits per heavy atom. The predicted octanol–water partition coefficient (Wildman–Crippen LogP) is 4.38. The molecule has 0 aliphatic carbocycles. The van der Waals surface area contributed by atoms with Crippen LogP contribution in [-0.2, 0) is 12.7 Å². The molecule has 2 rings (SSSR count). The van der Waals surface area contributed by atoms with Gasteiger partial charge in [0.15, 0.2) is 0 Å². The highest BCUT2D eigenvalue weighted by atomic mass is 19.4. The van der Waals surface area contributed by atoms with Gasteiger partial charge in [-0.05, 0) is 23.8 Å². The normalized spacial score (nSPS) is 11.3. The summed E-state index contributed by atoms with van der Waals surface area (Å²) in [6.45, 7) is 0.126. The van der Waals surface area contributed by atoms with E-state index >= 15 is 0 Å². The molecule has 21 heavy (non-hydrogen) atoms. The third-order valence-electron chi connectivity index (χ3n) is 3.18. The molecular weight excluding hydrogens is 277 g/mol. The third kappa shape index (κ3) is 3.68. The molecule has 0 saturated carbocycles. The lowest BCUT2D eigenvalue weighted by Crippen LogP contribution is -2.14. The molecule has 2 nitrogen and oxygen atoms in total. The first kappa shape index (κ1) is 15.2. The van der Waals surface area contributed by atoms with Gasteiger partial charge in [0.05, 0.1) is 16.9 Å². The predicted molar refractivity (Wildman–Crippen MR) is 79.5 cm³/mol. The number of nitrogens with zero attached hydrogens (tertiary/aromatic N) is 1. The van der Waals surface area contributed by atoms with Crippen molar-refractivity contribution >= 4 is 11.4 Å². The molecule has 1 N–H and O–H groups in total. The number of nitrogens with one attached hydrogen (secondary N) is 1. The fourth-order valence-electron chi connectivity index (χ4n) is 2.15. The lowest BCUT2D eigenvalue weighted by molar-refractivity contribution is -0.138. The second-order valence-corrected chi connectivity index (χ2v) is 4.92. The molecule has 0 fully saturated rings. The van der Waals surface area contributed by atoms with Crippen LogP contribution in [0.5, 0.6) is 0 Å². The zero-order chi connectivity index (χ0) is 15.5. The number of hydrogen-bond donors (Lipinski definition) is 1. The molecule has 5 heteroatoms. The molecule has 2 aromatic carbocycles.